The van der Waals surface area contributed by atoms with E-state index in [2.05, 4.69) is 31.2 Å². The number of para-hydroxylation sites is 2. The molecule has 0 saturated heterocycles. The van der Waals surface area contributed by atoms with Gasteiger partial charge in [0.05, 0.1) is 12.3 Å². The predicted octanol–water partition coefficient (Wildman–Crippen LogP) is 6.91. The summed E-state index contributed by atoms with van der Waals surface area (Å²) in [5.74, 6) is 1.11. The molecule has 2 rings (SSSR count). The van der Waals surface area contributed by atoms with Gasteiger partial charge in [0, 0.05) is 12.5 Å². The van der Waals surface area contributed by atoms with Crippen LogP contribution in [0.4, 0.5) is 10.5 Å². The molecule has 0 heterocycles. The van der Waals surface area contributed by atoms with Gasteiger partial charge in [-0.05, 0) is 51.9 Å². The van der Waals surface area contributed by atoms with Gasteiger partial charge in [0.25, 0.3) is 0 Å². The summed E-state index contributed by atoms with van der Waals surface area (Å²) in [6.45, 7) is 3.86. The molecule has 1 amide bonds. The fourth-order valence-corrected chi connectivity index (χ4v) is 4.22. The van der Waals surface area contributed by atoms with E-state index in [1.807, 2.05) is 24.3 Å². The first-order valence-electron chi connectivity index (χ1n) is 11.9. The van der Waals surface area contributed by atoms with Crippen molar-refractivity contribution in [2.45, 2.75) is 83.7 Å². The number of nitrogens with one attached hydrogen (secondary N) is 1. The molecule has 0 spiro atoms. The lowest BCUT2D eigenvalue weighted by atomic mass is 9.97. The van der Waals surface area contributed by atoms with E-state index in [0.29, 0.717) is 24.0 Å². The number of rotatable bonds is 12. The van der Waals surface area contributed by atoms with Gasteiger partial charge in [-0.3, -0.25) is 5.32 Å². The second-order valence-corrected chi connectivity index (χ2v) is 8.84. The van der Waals surface area contributed by atoms with E-state index in [9.17, 15) is 4.79 Å². The molecule has 2 atom stereocenters. The molecule has 6 heteroatoms. The third-order valence-corrected chi connectivity index (χ3v) is 5.83. The van der Waals surface area contributed by atoms with Crippen molar-refractivity contribution < 1.29 is 14.3 Å². The molecule has 0 radical (unpaired) electrons. The van der Waals surface area contributed by atoms with Crippen LogP contribution in [0.15, 0.2) is 24.3 Å². The minimum Gasteiger partial charge on any atom is -0.491 e. The van der Waals surface area contributed by atoms with Crippen LogP contribution in [-0.2, 0) is 4.74 Å². The van der Waals surface area contributed by atoms with Crippen LogP contribution in [0, 0.1) is 5.92 Å². The Balaban J connectivity index is 0.00000480. The van der Waals surface area contributed by atoms with Crippen LogP contribution in [-0.4, -0.2) is 44.3 Å². The highest BCUT2D eigenvalue weighted by molar-refractivity contribution is 5.86. The van der Waals surface area contributed by atoms with Crippen molar-refractivity contribution in [2.24, 2.45) is 5.92 Å². The van der Waals surface area contributed by atoms with Gasteiger partial charge in [-0.2, -0.15) is 0 Å². The summed E-state index contributed by atoms with van der Waals surface area (Å²) in [4.78, 5) is 14.8. The Hall–Kier alpha value is -1.46. The zero-order valence-electron chi connectivity index (χ0n) is 19.7. The van der Waals surface area contributed by atoms with Crippen LogP contribution in [0.25, 0.3) is 0 Å². The molecule has 1 N–H and O–H groups in total. The van der Waals surface area contributed by atoms with E-state index in [1.165, 1.54) is 44.9 Å². The Morgan fingerprint density at radius 2 is 1.74 bits per heavy atom. The van der Waals surface area contributed by atoms with Crippen molar-refractivity contribution in [1.82, 2.24) is 4.90 Å². The molecular formula is C25H43ClN2O3. The fraction of sp³-hybridized carbons (Fsp3) is 0.720. The number of ether oxygens (including phenoxy) is 2. The number of halogens is 1. The summed E-state index contributed by atoms with van der Waals surface area (Å²) in [7, 11) is 4.17. The summed E-state index contributed by atoms with van der Waals surface area (Å²) in [6.07, 6.45) is 12.6. The molecule has 0 unspecified atom stereocenters. The molecule has 0 bridgehead atoms. The number of carbonyl (C=O) groups excluding carboxylic acids is 1. The average Bonchev–Trinajstić information content (AvgIpc) is 2.93. The maximum absolute atomic E-state index is 12.7. The third-order valence-electron chi connectivity index (χ3n) is 5.83. The Morgan fingerprint density at radius 1 is 1.03 bits per heavy atom. The number of nitrogens with zero attached hydrogens (tertiary/aromatic N) is 1. The van der Waals surface area contributed by atoms with Crippen molar-refractivity contribution in [3.63, 3.8) is 0 Å². The number of carbonyl (C=O) groups is 1. The normalized spacial score (nSPS) is 18.7. The standard InChI is InChI=1S/C25H42N2O3.ClH/c1-4-5-6-7-8-14-19-29-24-18-13-12-16-22(24)26-25(28)30-23-17-11-9-10-15-21(23)20-27(2)3;/h12-13,16,18,21,23H,4-11,14-15,17,19-20H2,1-3H3,(H,26,28);1H/t21-,23-;/m1./s1. The SMILES string of the molecule is CCCCCCCCOc1ccccc1NC(=O)O[C@@H]1CCCCC[C@@H]1CN(C)C.Cl. The Morgan fingerprint density at radius 3 is 2.52 bits per heavy atom. The van der Waals surface area contributed by atoms with Gasteiger partial charge in [-0.1, -0.05) is 64.0 Å². The Labute approximate surface area is 195 Å². The van der Waals surface area contributed by atoms with Crippen molar-refractivity contribution >= 4 is 24.2 Å². The van der Waals surface area contributed by atoms with Crippen LogP contribution in [0.3, 0.4) is 0 Å². The number of amides is 1. The largest absolute Gasteiger partial charge is 0.491 e. The predicted molar refractivity (Wildman–Crippen MR) is 132 cm³/mol. The molecule has 5 nitrogen and oxygen atoms in total. The highest BCUT2D eigenvalue weighted by Gasteiger charge is 2.27. The maximum atomic E-state index is 12.7. The van der Waals surface area contributed by atoms with Gasteiger partial charge >= 0.3 is 6.09 Å². The first-order valence-corrected chi connectivity index (χ1v) is 11.9. The van der Waals surface area contributed by atoms with E-state index >= 15 is 0 Å². The lowest BCUT2D eigenvalue weighted by Gasteiger charge is -2.27. The number of benzene rings is 1. The molecule has 31 heavy (non-hydrogen) atoms. The Bertz CT molecular complexity index is 612. The van der Waals surface area contributed by atoms with Crippen LogP contribution in [0.1, 0.15) is 77.6 Å². The second kappa shape index (κ2) is 16.2. The molecule has 0 aromatic heterocycles. The first-order chi connectivity index (χ1) is 14.6. The molecule has 1 fully saturated rings. The molecule has 1 aromatic rings. The van der Waals surface area contributed by atoms with E-state index < -0.39 is 0 Å². The zero-order chi connectivity index (χ0) is 21.6. The molecule has 1 saturated carbocycles. The number of hydrogen-bond acceptors (Lipinski definition) is 4. The van der Waals surface area contributed by atoms with Crippen molar-refractivity contribution in [3.05, 3.63) is 24.3 Å². The smallest absolute Gasteiger partial charge is 0.412 e. The lowest BCUT2D eigenvalue weighted by Crippen LogP contribution is -2.34. The van der Waals surface area contributed by atoms with Gasteiger partial charge in [0.2, 0.25) is 0 Å². The van der Waals surface area contributed by atoms with Crippen LogP contribution in [0.2, 0.25) is 0 Å². The summed E-state index contributed by atoms with van der Waals surface area (Å²) in [5, 5.41) is 2.92. The molecule has 1 aliphatic carbocycles. The van der Waals surface area contributed by atoms with Gasteiger partial charge in [-0.15, -0.1) is 12.4 Å². The minimum absolute atomic E-state index is 0. The second-order valence-electron chi connectivity index (χ2n) is 8.84. The molecule has 1 aromatic carbocycles. The van der Waals surface area contributed by atoms with Crippen LogP contribution < -0.4 is 10.1 Å². The quantitative estimate of drug-likeness (QED) is 0.275. The molecule has 1 aliphatic rings. The average molecular weight is 455 g/mol. The van der Waals surface area contributed by atoms with E-state index in [0.717, 1.165) is 32.2 Å². The highest BCUT2D eigenvalue weighted by Crippen LogP contribution is 2.28. The van der Waals surface area contributed by atoms with E-state index in [-0.39, 0.29) is 24.6 Å². The Kier molecular flexibility index (Phi) is 14.4. The number of anilines is 1. The van der Waals surface area contributed by atoms with Gasteiger partial charge in [0.1, 0.15) is 11.9 Å². The summed E-state index contributed by atoms with van der Waals surface area (Å²) in [6, 6.07) is 7.63. The summed E-state index contributed by atoms with van der Waals surface area (Å²) < 4.78 is 11.8. The van der Waals surface area contributed by atoms with Gasteiger partial charge < -0.3 is 14.4 Å². The van der Waals surface area contributed by atoms with Crippen molar-refractivity contribution in [3.8, 4) is 5.75 Å². The van der Waals surface area contributed by atoms with Crippen LogP contribution in [0.5, 0.6) is 5.75 Å². The highest BCUT2D eigenvalue weighted by atomic mass is 35.5. The maximum Gasteiger partial charge on any atom is 0.412 e. The number of hydrogen-bond donors (Lipinski definition) is 1. The van der Waals surface area contributed by atoms with E-state index in [1.54, 1.807) is 0 Å². The summed E-state index contributed by atoms with van der Waals surface area (Å²) >= 11 is 0. The van der Waals surface area contributed by atoms with Crippen LogP contribution >= 0.6 is 12.4 Å². The zero-order valence-corrected chi connectivity index (χ0v) is 20.6. The van der Waals surface area contributed by atoms with Crippen molar-refractivity contribution in [1.29, 1.82) is 0 Å². The van der Waals surface area contributed by atoms with Gasteiger partial charge in [0.15, 0.2) is 0 Å². The summed E-state index contributed by atoms with van der Waals surface area (Å²) in [5.41, 5.74) is 0.686. The van der Waals surface area contributed by atoms with Gasteiger partial charge in [-0.25, -0.2) is 4.79 Å². The molecular weight excluding hydrogens is 412 g/mol. The monoisotopic (exact) mass is 454 g/mol. The lowest BCUT2D eigenvalue weighted by molar-refractivity contribution is 0.0569. The fourth-order valence-electron chi connectivity index (χ4n) is 4.22. The number of unbranched alkanes of at least 4 members (excludes halogenated alkanes) is 5. The molecule has 178 valence electrons. The van der Waals surface area contributed by atoms with E-state index in [4.69, 9.17) is 9.47 Å². The minimum atomic E-state index is -0.374. The van der Waals surface area contributed by atoms with Crippen molar-refractivity contribution in [2.75, 3.05) is 32.6 Å². The topological polar surface area (TPSA) is 50.8 Å². The first kappa shape index (κ1) is 27.6. The third kappa shape index (κ3) is 11.1. The molecule has 0 aliphatic heterocycles.